The Labute approximate surface area is 168 Å². The first kappa shape index (κ1) is 18.6. The van der Waals surface area contributed by atoms with E-state index in [1.807, 2.05) is 48.5 Å². The van der Waals surface area contributed by atoms with Crippen LogP contribution in [0.25, 0.3) is 6.08 Å². The molecule has 0 saturated heterocycles. The van der Waals surface area contributed by atoms with Crippen LogP contribution >= 0.6 is 0 Å². The fourth-order valence-electron chi connectivity index (χ4n) is 3.16. The molecule has 0 spiro atoms. The number of benzene rings is 2. The highest BCUT2D eigenvalue weighted by molar-refractivity contribution is 6.19. The molecular weight excluding hydrogens is 368 g/mol. The smallest absolute Gasteiger partial charge is 0.278 e. The van der Waals surface area contributed by atoms with Gasteiger partial charge in [0.2, 0.25) is 0 Å². The Morgan fingerprint density at radius 1 is 1.00 bits per heavy atom. The fourth-order valence-corrected chi connectivity index (χ4v) is 3.16. The molecule has 0 fully saturated rings. The van der Waals surface area contributed by atoms with Crippen LogP contribution in [0, 0.1) is 0 Å². The van der Waals surface area contributed by atoms with Gasteiger partial charge in [0.05, 0.1) is 27.0 Å². The third kappa shape index (κ3) is 3.78. The summed E-state index contributed by atoms with van der Waals surface area (Å²) in [6.07, 6.45) is 3.34. The van der Waals surface area contributed by atoms with E-state index in [-0.39, 0.29) is 5.91 Å². The van der Waals surface area contributed by atoms with Gasteiger partial charge < -0.3 is 13.9 Å². The second kappa shape index (κ2) is 8.06. The van der Waals surface area contributed by atoms with Gasteiger partial charge in [0.25, 0.3) is 5.91 Å². The maximum absolute atomic E-state index is 13.1. The first-order chi connectivity index (χ1) is 14.2. The van der Waals surface area contributed by atoms with Crippen molar-refractivity contribution in [2.45, 2.75) is 6.54 Å². The molecule has 29 heavy (non-hydrogen) atoms. The quantitative estimate of drug-likeness (QED) is 0.596. The first-order valence-electron chi connectivity index (χ1n) is 9.11. The zero-order valence-electron chi connectivity index (χ0n) is 16.2. The van der Waals surface area contributed by atoms with Gasteiger partial charge in [-0.1, -0.05) is 36.4 Å². The van der Waals surface area contributed by atoms with Gasteiger partial charge in [-0.3, -0.25) is 9.69 Å². The molecular formula is C23H20N2O4. The summed E-state index contributed by atoms with van der Waals surface area (Å²) in [5, 5.41) is 0. The zero-order valence-corrected chi connectivity index (χ0v) is 16.2. The van der Waals surface area contributed by atoms with E-state index < -0.39 is 0 Å². The van der Waals surface area contributed by atoms with Gasteiger partial charge in [-0.05, 0) is 35.9 Å². The number of hydrogen-bond donors (Lipinski definition) is 0. The molecule has 1 amide bonds. The lowest BCUT2D eigenvalue weighted by Gasteiger charge is -2.17. The van der Waals surface area contributed by atoms with E-state index >= 15 is 0 Å². The molecule has 1 aromatic heterocycles. The molecule has 0 N–H and O–H groups in total. The van der Waals surface area contributed by atoms with E-state index in [0.717, 1.165) is 11.1 Å². The highest BCUT2D eigenvalue weighted by atomic mass is 16.5. The van der Waals surface area contributed by atoms with Crippen molar-refractivity contribution in [1.29, 1.82) is 0 Å². The largest absolute Gasteiger partial charge is 0.493 e. The van der Waals surface area contributed by atoms with Crippen LogP contribution in [0.15, 0.2) is 82.0 Å². The highest BCUT2D eigenvalue weighted by Crippen LogP contribution is 2.30. The number of hydrogen-bond acceptors (Lipinski definition) is 5. The van der Waals surface area contributed by atoms with Crippen LogP contribution in [-0.2, 0) is 11.3 Å². The predicted octanol–water partition coefficient (Wildman–Crippen LogP) is 4.13. The lowest BCUT2D eigenvalue weighted by Crippen LogP contribution is -2.32. The average molecular weight is 388 g/mol. The van der Waals surface area contributed by atoms with Crippen molar-refractivity contribution in [1.82, 2.24) is 4.90 Å². The van der Waals surface area contributed by atoms with Crippen LogP contribution < -0.4 is 9.47 Å². The highest BCUT2D eigenvalue weighted by Gasteiger charge is 2.31. The molecule has 1 aliphatic rings. The van der Waals surface area contributed by atoms with E-state index in [9.17, 15) is 4.79 Å². The summed E-state index contributed by atoms with van der Waals surface area (Å²) in [6, 6.07) is 18.7. The molecule has 0 bridgehead atoms. The van der Waals surface area contributed by atoms with Gasteiger partial charge in [-0.2, -0.15) is 0 Å². The van der Waals surface area contributed by atoms with Gasteiger partial charge in [-0.15, -0.1) is 0 Å². The van der Waals surface area contributed by atoms with E-state index in [2.05, 4.69) is 4.99 Å². The molecule has 2 heterocycles. The molecule has 4 rings (SSSR count). The Morgan fingerprint density at radius 2 is 1.79 bits per heavy atom. The van der Waals surface area contributed by atoms with Crippen LogP contribution in [0.5, 0.6) is 11.5 Å². The van der Waals surface area contributed by atoms with Gasteiger partial charge >= 0.3 is 0 Å². The zero-order chi connectivity index (χ0) is 20.2. The minimum Gasteiger partial charge on any atom is -0.493 e. The van der Waals surface area contributed by atoms with Crippen molar-refractivity contribution in [2.24, 2.45) is 4.99 Å². The van der Waals surface area contributed by atoms with Crippen molar-refractivity contribution in [3.63, 3.8) is 0 Å². The number of aliphatic imine (C=N–C) groups is 1. The lowest BCUT2D eigenvalue weighted by molar-refractivity contribution is -0.123. The summed E-state index contributed by atoms with van der Waals surface area (Å²) < 4.78 is 16.1. The van der Waals surface area contributed by atoms with Crippen molar-refractivity contribution >= 4 is 17.8 Å². The SMILES string of the molecule is COc1ccc(/C=C2\N=C(c3ccccc3)N(Cc3ccco3)C2=O)cc1OC. The van der Waals surface area contributed by atoms with Crippen molar-refractivity contribution in [3.8, 4) is 11.5 Å². The van der Waals surface area contributed by atoms with Gasteiger partial charge in [0.15, 0.2) is 11.5 Å². The van der Waals surface area contributed by atoms with E-state index in [1.54, 1.807) is 43.6 Å². The Bertz CT molecular complexity index is 1070. The number of furan rings is 1. The molecule has 0 saturated carbocycles. The lowest BCUT2D eigenvalue weighted by atomic mass is 10.1. The summed E-state index contributed by atoms with van der Waals surface area (Å²) in [5.74, 6) is 2.32. The Balaban J connectivity index is 1.73. The molecule has 0 radical (unpaired) electrons. The molecule has 0 unspecified atom stereocenters. The minimum absolute atomic E-state index is 0.185. The monoisotopic (exact) mass is 388 g/mol. The summed E-state index contributed by atoms with van der Waals surface area (Å²) >= 11 is 0. The minimum atomic E-state index is -0.185. The van der Waals surface area contributed by atoms with Gasteiger partial charge in [-0.25, -0.2) is 4.99 Å². The summed E-state index contributed by atoms with van der Waals surface area (Å²) in [4.78, 5) is 19.4. The molecule has 2 aromatic carbocycles. The number of amides is 1. The number of ether oxygens (including phenoxy) is 2. The topological polar surface area (TPSA) is 64.3 Å². The number of methoxy groups -OCH3 is 2. The van der Waals surface area contributed by atoms with Crippen molar-refractivity contribution in [3.05, 3.63) is 89.5 Å². The van der Waals surface area contributed by atoms with Crippen LogP contribution in [0.2, 0.25) is 0 Å². The number of rotatable bonds is 6. The molecule has 0 aliphatic carbocycles. The Morgan fingerprint density at radius 3 is 2.48 bits per heavy atom. The van der Waals surface area contributed by atoms with Crippen molar-refractivity contribution in [2.75, 3.05) is 14.2 Å². The maximum Gasteiger partial charge on any atom is 0.278 e. The second-order valence-electron chi connectivity index (χ2n) is 6.42. The molecule has 1 aliphatic heterocycles. The molecule has 6 nitrogen and oxygen atoms in total. The summed E-state index contributed by atoms with van der Waals surface area (Å²) in [5.41, 5.74) is 2.01. The van der Waals surface area contributed by atoms with Crippen LogP contribution in [0.1, 0.15) is 16.9 Å². The summed E-state index contributed by atoms with van der Waals surface area (Å²) in [6.45, 7) is 0.308. The molecule has 6 heteroatoms. The third-order valence-corrected chi connectivity index (χ3v) is 4.58. The van der Waals surface area contributed by atoms with Crippen molar-refractivity contribution < 1.29 is 18.7 Å². The molecule has 146 valence electrons. The van der Waals surface area contributed by atoms with Gasteiger partial charge in [0, 0.05) is 5.56 Å². The Hall–Kier alpha value is -3.80. The third-order valence-electron chi connectivity index (χ3n) is 4.58. The molecule has 3 aromatic rings. The van der Waals surface area contributed by atoms with Crippen LogP contribution in [0.3, 0.4) is 0 Å². The Kier molecular flexibility index (Phi) is 5.16. The summed E-state index contributed by atoms with van der Waals surface area (Å²) in [7, 11) is 3.16. The second-order valence-corrected chi connectivity index (χ2v) is 6.42. The number of amidine groups is 1. The average Bonchev–Trinajstić information content (AvgIpc) is 3.38. The molecule has 0 atom stereocenters. The number of carbonyl (C=O) groups is 1. The number of nitrogens with zero attached hydrogens (tertiary/aromatic N) is 2. The maximum atomic E-state index is 13.1. The van der Waals surface area contributed by atoms with Gasteiger partial charge in [0.1, 0.15) is 17.3 Å². The number of carbonyl (C=O) groups excluding carboxylic acids is 1. The standard InChI is InChI=1S/C23H20N2O4/c1-27-20-11-10-16(14-21(20)28-2)13-19-23(26)25(15-18-9-6-12-29-18)22(24-19)17-7-4-3-5-8-17/h3-14H,15H2,1-2H3/b19-13-. The van der Waals surface area contributed by atoms with Crippen LogP contribution in [-0.4, -0.2) is 30.9 Å². The van der Waals surface area contributed by atoms with Crippen LogP contribution in [0.4, 0.5) is 0 Å². The normalized spacial score (nSPS) is 15.0. The van der Waals surface area contributed by atoms with E-state index in [0.29, 0.717) is 35.3 Å². The fraction of sp³-hybridized carbons (Fsp3) is 0.130. The predicted molar refractivity (Wildman–Crippen MR) is 110 cm³/mol. The first-order valence-corrected chi connectivity index (χ1v) is 9.11. The van der Waals surface area contributed by atoms with E-state index in [4.69, 9.17) is 13.9 Å². The van der Waals surface area contributed by atoms with E-state index in [1.165, 1.54) is 0 Å².